The van der Waals surface area contributed by atoms with Crippen molar-refractivity contribution in [1.82, 2.24) is 14.8 Å². The Labute approximate surface area is 145 Å². The predicted octanol–water partition coefficient (Wildman–Crippen LogP) is 2.76. The third-order valence-corrected chi connectivity index (χ3v) is 4.16. The summed E-state index contributed by atoms with van der Waals surface area (Å²) in [6.07, 6.45) is 1.83. The molecule has 7 nitrogen and oxygen atoms in total. The third kappa shape index (κ3) is 4.06. The highest BCUT2D eigenvalue weighted by Crippen LogP contribution is 2.26. The first-order valence-electron chi connectivity index (χ1n) is 8.00. The summed E-state index contributed by atoms with van der Waals surface area (Å²) in [7, 11) is 0. The molecule has 1 aliphatic heterocycles. The van der Waals surface area contributed by atoms with Gasteiger partial charge in [0.1, 0.15) is 6.61 Å². The van der Waals surface area contributed by atoms with Crippen molar-refractivity contribution in [2.45, 2.75) is 12.6 Å². The van der Waals surface area contributed by atoms with Gasteiger partial charge < -0.3 is 14.7 Å². The van der Waals surface area contributed by atoms with Crippen LogP contribution in [0.25, 0.3) is 0 Å². The number of carbonyl (C=O) groups is 2. The van der Waals surface area contributed by atoms with Gasteiger partial charge >= 0.3 is 12.2 Å². The molecule has 0 radical (unpaired) electrons. The van der Waals surface area contributed by atoms with Crippen molar-refractivity contribution in [3.8, 4) is 0 Å². The predicted molar refractivity (Wildman–Crippen MR) is 89.9 cm³/mol. The lowest BCUT2D eigenvalue weighted by Gasteiger charge is -2.39. The van der Waals surface area contributed by atoms with E-state index in [9.17, 15) is 14.7 Å². The van der Waals surface area contributed by atoms with Crippen molar-refractivity contribution in [2.24, 2.45) is 0 Å². The maximum absolute atomic E-state index is 12.5. The fourth-order valence-electron chi connectivity index (χ4n) is 2.84. The molecule has 1 N–H and O–H groups in total. The molecule has 0 bridgehead atoms. The maximum Gasteiger partial charge on any atom is 0.410 e. The first kappa shape index (κ1) is 16.8. The lowest BCUT2D eigenvalue weighted by molar-refractivity contribution is 0.0422. The summed E-state index contributed by atoms with van der Waals surface area (Å²) < 4.78 is 5.42. The number of carboxylic acid groups (broad SMARTS) is 1. The van der Waals surface area contributed by atoms with Crippen LogP contribution in [0.15, 0.2) is 54.9 Å². The number of carbonyl (C=O) groups excluding carboxylic acids is 1. The maximum atomic E-state index is 12.5. The van der Waals surface area contributed by atoms with E-state index in [1.54, 1.807) is 23.4 Å². The molecule has 2 heterocycles. The van der Waals surface area contributed by atoms with E-state index < -0.39 is 18.2 Å². The summed E-state index contributed by atoms with van der Waals surface area (Å²) >= 11 is 0. The van der Waals surface area contributed by atoms with Crippen molar-refractivity contribution in [1.29, 1.82) is 0 Å². The highest BCUT2D eigenvalue weighted by Gasteiger charge is 2.34. The summed E-state index contributed by atoms with van der Waals surface area (Å²) in [6.45, 7) is 0.909. The highest BCUT2D eigenvalue weighted by atomic mass is 16.6. The smallest absolute Gasteiger partial charge is 0.410 e. The second-order valence-electron chi connectivity index (χ2n) is 5.76. The molecule has 1 aromatic heterocycles. The number of piperazine rings is 1. The molecule has 130 valence electrons. The van der Waals surface area contributed by atoms with Crippen LogP contribution in [-0.2, 0) is 11.3 Å². The van der Waals surface area contributed by atoms with E-state index in [2.05, 4.69) is 4.98 Å². The zero-order valence-corrected chi connectivity index (χ0v) is 13.6. The molecule has 0 aliphatic carbocycles. The van der Waals surface area contributed by atoms with Crippen LogP contribution in [0.5, 0.6) is 0 Å². The number of hydrogen-bond donors (Lipinski definition) is 1. The van der Waals surface area contributed by atoms with Crippen LogP contribution >= 0.6 is 0 Å². The minimum absolute atomic E-state index is 0.179. The lowest BCUT2D eigenvalue weighted by Crippen LogP contribution is -2.52. The van der Waals surface area contributed by atoms with Crippen LogP contribution in [-0.4, -0.2) is 51.7 Å². The van der Waals surface area contributed by atoms with E-state index in [0.717, 1.165) is 11.1 Å². The topological polar surface area (TPSA) is 83.0 Å². The fraction of sp³-hybridized carbons (Fsp3) is 0.278. The Morgan fingerprint density at radius 1 is 1.16 bits per heavy atom. The summed E-state index contributed by atoms with van der Waals surface area (Å²) in [5.41, 5.74) is 1.68. The minimum atomic E-state index is -0.994. The molecule has 0 saturated carbocycles. The van der Waals surface area contributed by atoms with Crippen molar-refractivity contribution >= 4 is 12.2 Å². The number of nitrogens with zero attached hydrogens (tertiary/aromatic N) is 3. The summed E-state index contributed by atoms with van der Waals surface area (Å²) in [5.74, 6) is 0. The molecule has 1 fully saturated rings. The van der Waals surface area contributed by atoms with Gasteiger partial charge in [0, 0.05) is 32.0 Å². The monoisotopic (exact) mass is 341 g/mol. The normalized spacial score (nSPS) is 17.2. The number of rotatable bonds is 3. The molecular formula is C18H19N3O4. The van der Waals surface area contributed by atoms with E-state index in [1.807, 2.05) is 36.4 Å². The van der Waals surface area contributed by atoms with Crippen LogP contribution in [0.3, 0.4) is 0 Å². The Balaban J connectivity index is 1.73. The van der Waals surface area contributed by atoms with Gasteiger partial charge in [0.15, 0.2) is 0 Å². The van der Waals surface area contributed by atoms with E-state index >= 15 is 0 Å². The molecule has 7 heteroatoms. The second-order valence-corrected chi connectivity index (χ2v) is 5.76. The summed E-state index contributed by atoms with van der Waals surface area (Å²) in [5, 5.41) is 9.26. The minimum Gasteiger partial charge on any atom is -0.465 e. The molecule has 0 spiro atoms. The number of benzene rings is 1. The third-order valence-electron chi connectivity index (χ3n) is 4.16. The van der Waals surface area contributed by atoms with Gasteiger partial charge in [0.2, 0.25) is 0 Å². The van der Waals surface area contributed by atoms with Crippen LogP contribution in [0.4, 0.5) is 9.59 Å². The first-order chi connectivity index (χ1) is 12.1. The molecule has 25 heavy (non-hydrogen) atoms. The van der Waals surface area contributed by atoms with E-state index in [-0.39, 0.29) is 26.2 Å². The number of pyridine rings is 1. The average Bonchev–Trinajstić information content (AvgIpc) is 2.67. The van der Waals surface area contributed by atoms with Gasteiger partial charge in [-0.2, -0.15) is 0 Å². The van der Waals surface area contributed by atoms with Crippen LogP contribution in [0.2, 0.25) is 0 Å². The Morgan fingerprint density at radius 2 is 1.96 bits per heavy atom. The van der Waals surface area contributed by atoms with E-state index in [4.69, 9.17) is 4.74 Å². The number of amides is 2. The van der Waals surface area contributed by atoms with Gasteiger partial charge in [0.25, 0.3) is 0 Å². The van der Waals surface area contributed by atoms with Crippen molar-refractivity contribution in [3.63, 3.8) is 0 Å². The standard InChI is InChI=1S/C18H19N3O4/c22-17(23)20-9-10-21(16(12-20)15-7-4-8-19-11-15)18(24)25-13-14-5-2-1-3-6-14/h1-8,11,16H,9-10,12-13H2,(H,22,23). The number of hydrogen-bond acceptors (Lipinski definition) is 4. The fourth-order valence-corrected chi connectivity index (χ4v) is 2.84. The van der Waals surface area contributed by atoms with Crippen LogP contribution in [0, 0.1) is 0 Å². The van der Waals surface area contributed by atoms with E-state index in [0.29, 0.717) is 0 Å². The van der Waals surface area contributed by atoms with Crippen LogP contribution < -0.4 is 0 Å². The van der Waals surface area contributed by atoms with Gasteiger partial charge in [-0.25, -0.2) is 9.59 Å². The molecule has 2 amide bonds. The zero-order chi connectivity index (χ0) is 17.6. The SMILES string of the molecule is O=C(O)N1CCN(C(=O)OCc2ccccc2)C(c2cccnc2)C1. The number of ether oxygens (including phenoxy) is 1. The highest BCUT2D eigenvalue weighted by molar-refractivity contribution is 5.70. The Bertz CT molecular complexity index is 724. The van der Waals surface area contributed by atoms with Gasteiger partial charge in [-0.05, 0) is 17.2 Å². The Morgan fingerprint density at radius 3 is 2.64 bits per heavy atom. The van der Waals surface area contributed by atoms with Crippen molar-refractivity contribution < 1.29 is 19.4 Å². The molecule has 1 unspecified atom stereocenters. The van der Waals surface area contributed by atoms with Gasteiger partial charge in [-0.3, -0.25) is 9.88 Å². The number of aromatic nitrogens is 1. The average molecular weight is 341 g/mol. The first-order valence-corrected chi connectivity index (χ1v) is 8.00. The molecule has 1 aliphatic rings. The summed E-state index contributed by atoms with van der Waals surface area (Å²) in [4.78, 5) is 30.8. The lowest BCUT2D eigenvalue weighted by atomic mass is 10.1. The van der Waals surface area contributed by atoms with Gasteiger partial charge in [-0.15, -0.1) is 0 Å². The molecular weight excluding hydrogens is 322 g/mol. The molecule has 1 aromatic carbocycles. The Hall–Kier alpha value is -3.09. The van der Waals surface area contributed by atoms with E-state index in [1.165, 1.54) is 4.90 Å². The molecule has 1 saturated heterocycles. The van der Waals surface area contributed by atoms with Gasteiger partial charge in [-0.1, -0.05) is 36.4 Å². The van der Waals surface area contributed by atoms with Gasteiger partial charge in [0.05, 0.1) is 6.04 Å². The molecule has 1 atom stereocenters. The largest absolute Gasteiger partial charge is 0.465 e. The second kappa shape index (κ2) is 7.65. The molecule has 2 aromatic rings. The van der Waals surface area contributed by atoms with Crippen LogP contribution in [0.1, 0.15) is 17.2 Å². The Kier molecular flexibility index (Phi) is 5.13. The zero-order valence-electron chi connectivity index (χ0n) is 13.6. The van der Waals surface area contributed by atoms with Crippen molar-refractivity contribution in [3.05, 3.63) is 66.0 Å². The van der Waals surface area contributed by atoms with Crippen molar-refractivity contribution in [2.75, 3.05) is 19.6 Å². The molecule has 3 rings (SSSR count). The summed E-state index contributed by atoms with van der Waals surface area (Å²) in [6, 6.07) is 12.6. The quantitative estimate of drug-likeness (QED) is 0.928.